The zero-order valence-corrected chi connectivity index (χ0v) is 45.2. The van der Waals surface area contributed by atoms with Crippen molar-refractivity contribution in [2.24, 2.45) is 5.92 Å². The second-order valence-corrected chi connectivity index (χ2v) is 21.1. The van der Waals surface area contributed by atoms with Crippen LogP contribution in [-0.2, 0) is 28.6 Å². The van der Waals surface area contributed by atoms with Gasteiger partial charge in [0.25, 0.3) is 0 Å². The second kappa shape index (κ2) is 54.4. The van der Waals surface area contributed by atoms with Crippen molar-refractivity contribution >= 4 is 17.9 Å². The van der Waals surface area contributed by atoms with Crippen molar-refractivity contribution in [3.8, 4) is 0 Å². The van der Waals surface area contributed by atoms with Crippen molar-refractivity contribution in [1.29, 1.82) is 0 Å². The Morgan fingerprint density at radius 3 is 0.742 bits per heavy atom. The fourth-order valence-corrected chi connectivity index (χ4v) is 9.28. The number of unbranched alkanes of at least 4 members (excludes halogenated alkanes) is 42. The maximum atomic E-state index is 12.9. The topological polar surface area (TPSA) is 78.9 Å². The number of carbonyl (C=O) groups is 3. The molecule has 66 heavy (non-hydrogen) atoms. The van der Waals surface area contributed by atoms with Crippen molar-refractivity contribution < 1.29 is 28.6 Å². The molecule has 0 unspecified atom stereocenters. The van der Waals surface area contributed by atoms with Crippen LogP contribution < -0.4 is 0 Å². The van der Waals surface area contributed by atoms with Crippen LogP contribution in [0.15, 0.2) is 0 Å². The lowest BCUT2D eigenvalue weighted by molar-refractivity contribution is -0.167. The summed E-state index contributed by atoms with van der Waals surface area (Å²) in [5.41, 5.74) is 0. The zero-order chi connectivity index (χ0) is 48.1. The van der Waals surface area contributed by atoms with E-state index in [2.05, 4.69) is 27.7 Å². The molecule has 0 saturated carbocycles. The van der Waals surface area contributed by atoms with Crippen molar-refractivity contribution in [3.63, 3.8) is 0 Å². The first-order valence-electron chi connectivity index (χ1n) is 29.9. The molecule has 0 saturated heterocycles. The maximum absolute atomic E-state index is 12.9. The van der Waals surface area contributed by atoms with Crippen LogP contribution in [0.5, 0.6) is 0 Å². The van der Waals surface area contributed by atoms with E-state index in [9.17, 15) is 14.4 Å². The number of carbonyl (C=O) groups excluding carboxylic acids is 3. The monoisotopic (exact) mass is 933 g/mol. The lowest BCUT2D eigenvalue weighted by atomic mass is 10.0. The van der Waals surface area contributed by atoms with Gasteiger partial charge in [0.05, 0.1) is 0 Å². The lowest BCUT2D eigenvalue weighted by Crippen LogP contribution is -2.30. The summed E-state index contributed by atoms with van der Waals surface area (Å²) in [4.78, 5) is 38.2. The SMILES string of the molecule is CCCCCCCCCCCCCCCCCCCC(=O)OC[C@H](COC(=O)CCCCCCCCCCCCCC)OC(=O)CCCCCCCCCCCCCCCCCCC(C)C. The van der Waals surface area contributed by atoms with Gasteiger partial charge >= 0.3 is 17.9 Å². The van der Waals surface area contributed by atoms with Crippen LogP contribution >= 0.6 is 0 Å². The first-order valence-corrected chi connectivity index (χ1v) is 29.9. The van der Waals surface area contributed by atoms with Crippen LogP contribution in [0.1, 0.15) is 342 Å². The van der Waals surface area contributed by atoms with E-state index in [1.165, 1.54) is 238 Å². The first-order chi connectivity index (χ1) is 32.4. The minimum Gasteiger partial charge on any atom is -0.462 e. The van der Waals surface area contributed by atoms with E-state index in [0.29, 0.717) is 19.3 Å². The van der Waals surface area contributed by atoms with Crippen molar-refractivity contribution in [3.05, 3.63) is 0 Å². The third-order valence-electron chi connectivity index (χ3n) is 13.8. The van der Waals surface area contributed by atoms with Crippen molar-refractivity contribution in [2.75, 3.05) is 13.2 Å². The van der Waals surface area contributed by atoms with Crippen LogP contribution in [0.4, 0.5) is 0 Å². The van der Waals surface area contributed by atoms with Gasteiger partial charge < -0.3 is 14.2 Å². The molecule has 0 radical (unpaired) electrons. The molecule has 0 aliphatic heterocycles. The van der Waals surface area contributed by atoms with Gasteiger partial charge in [0, 0.05) is 19.3 Å². The van der Waals surface area contributed by atoms with Gasteiger partial charge in [-0.15, -0.1) is 0 Å². The van der Waals surface area contributed by atoms with E-state index in [0.717, 1.165) is 63.7 Å². The smallest absolute Gasteiger partial charge is 0.306 e. The Hall–Kier alpha value is -1.59. The minimum absolute atomic E-state index is 0.0615. The highest BCUT2D eigenvalue weighted by Crippen LogP contribution is 2.18. The van der Waals surface area contributed by atoms with Gasteiger partial charge in [0.15, 0.2) is 6.10 Å². The molecular weight excluding hydrogens is 817 g/mol. The molecule has 0 aromatic heterocycles. The summed E-state index contributed by atoms with van der Waals surface area (Å²) in [6, 6.07) is 0. The normalized spacial score (nSPS) is 12.0. The molecule has 6 heteroatoms. The molecular formula is C60H116O6. The standard InChI is InChI=1S/C60H116O6/c1-5-7-9-11-13-15-17-19-20-21-25-28-32-36-40-44-48-52-59(62)65-55-57(54-64-58(61)51-47-43-39-35-31-18-16-14-12-10-8-6-2)66-60(63)53-49-45-41-37-33-29-26-23-22-24-27-30-34-38-42-46-50-56(3)4/h56-57H,5-55H2,1-4H3/t57-/m0/s1. The van der Waals surface area contributed by atoms with Crippen LogP contribution in [0, 0.1) is 5.92 Å². The molecule has 6 nitrogen and oxygen atoms in total. The quantitative estimate of drug-likeness (QED) is 0.0343. The largest absolute Gasteiger partial charge is 0.462 e. The molecule has 1 atom stereocenters. The number of ether oxygens (including phenoxy) is 3. The third-order valence-corrected chi connectivity index (χ3v) is 13.8. The zero-order valence-electron chi connectivity index (χ0n) is 45.2. The summed E-state index contributed by atoms with van der Waals surface area (Å²) < 4.78 is 16.9. The summed E-state index contributed by atoms with van der Waals surface area (Å²) in [7, 11) is 0. The van der Waals surface area contributed by atoms with Crippen LogP contribution in [0.2, 0.25) is 0 Å². The molecule has 0 bridgehead atoms. The maximum Gasteiger partial charge on any atom is 0.306 e. The van der Waals surface area contributed by atoms with Crippen molar-refractivity contribution in [2.45, 2.75) is 348 Å². The molecule has 0 aromatic carbocycles. The second-order valence-electron chi connectivity index (χ2n) is 21.1. The molecule has 0 rings (SSSR count). The summed E-state index contributed by atoms with van der Waals surface area (Å²) in [6.07, 6.45) is 59.5. The van der Waals surface area contributed by atoms with E-state index in [4.69, 9.17) is 14.2 Å². The lowest BCUT2D eigenvalue weighted by Gasteiger charge is -2.18. The first kappa shape index (κ1) is 64.4. The van der Waals surface area contributed by atoms with Crippen LogP contribution in [0.25, 0.3) is 0 Å². The Labute approximate surface area is 412 Å². The molecule has 0 heterocycles. The number of hydrogen-bond donors (Lipinski definition) is 0. The van der Waals surface area contributed by atoms with E-state index in [-0.39, 0.29) is 31.1 Å². The molecule has 0 fully saturated rings. The predicted octanol–water partition coefficient (Wildman–Crippen LogP) is 19.8. The van der Waals surface area contributed by atoms with E-state index in [1.807, 2.05) is 0 Å². The number of esters is 3. The van der Waals surface area contributed by atoms with E-state index in [1.54, 1.807) is 0 Å². The summed E-state index contributed by atoms with van der Waals surface area (Å²) >= 11 is 0. The Bertz CT molecular complexity index is 996. The molecule has 0 N–H and O–H groups in total. The van der Waals surface area contributed by atoms with E-state index >= 15 is 0 Å². The summed E-state index contributed by atoms with van der Waals surface area (Å²) in [5, 5.41) is 0. The molecule has 0 aliphatic carbocycles. The van der Waals surface area contributed by atoms with Gasteiger partial charge in [-0.2, -0.15) is 0 Å². The highest BCUT2D eigenvalue weighted by Gasteiger charge is 2.19. The summed E-state index contributed by atoms with van der Waals surface area (Å²) in [6.45, 7) is 9.08. The molecule has 0 aliphatic rings. The third kappa shape index (κ3) is 53.4. The Kier molecular flexibility index (Phi) is 53.0. The van der Waals surface area contributed by atoms with Crippen LogP contribution in [0.3, 0.4) is 0 Å². The highest BCUT2D eigenvalue weighted by atomic mass is 16.6. The van der Waals surface area contributed by atoms with Gasteiger partial charge in [-0.1, -0.05) is 304 Å². The average Bonchev–Trinajstić information content (AvgIpc) is 3.30. The molecule has 0 aromatic rings. The fourth-order valence-electron chi connectivity index (χ4n) is 9.28. The highest BCUT2D eigenvalue weighted by molar-refractivity contribution is 5.71. The van der Waals surface area contributed by atoms with Gasteiger partial charge in [-0.3, -0.25) is 14.4 Å². The molecule has 0 spiro atoms. The molecule has 392 valence electrons. The summed E-state index contributed by atoms with van der Waals surface area (Å²) in [5.74, 6) is 0.0190. The van der Waals surface area contributed by atoms with Gasteiger partial charge in [-0.05, 0) is 25.2 Å². The van der Waals surface area contributed by atoms with Gasteiger partial charge in [0.1, 0.15) is 13.2 Å². The Balaban J connectivity index is 4.26. The van der Waals surface area contributed by atoms with Gasteiger partial charge in [0.2, 0.25) is 0 Å². The fraction of sp³-hybridized carbons (Fsp3) is 0.950. The number of hydrogen-bond acceptors (Lipinski definition) is 6. The Morgan fingerprint density at radius 2 is 0.500 bits per heavy atom. The predicted molar refractivity (Wildman–Crippen MR) is 284 cm³/mol. The van der Waals surface area contributed by atoms with E-state index < -0.39 is 6.10 Å². The van der Waals surface area contributed by atoms with Crippen molar-refractivity contribution in [1.82, 2.24) is 0 Å². The minimum atomic E-state index is -0.762. The van der Waals surface area contributed by atoms with Crippen LogP contribution in [-0.4, -0.2) is 37.2 Å². The number of rotatable bonds is 55. The average molecular weight is 934 g/mol. The molecule has 0 amide bonds. The Morgan fingerprint density at radius 1 is 0.288 bits per heavy atom. The van der Waals surface area contributed by atoms with Gasteiger partial charge in [-0.25, -0.2) is 0 Å².